The molecule has 1 aliphatic rings. The molecule has 5 rings (SSSR count). The van der Waals surface area contributed by atoms with E-state index >= 15 is 0 Å². The second-order valence-electron chi connectivity index (χ2n) is 6.84. The molecule has 0 saturated carbocycles. The van der Waals surface area contributed by atoms with Gasteiger partial charge < -0.3 is 15.2 Å². The summed E-state index contributed by atoms with van der Waals surface area (Å²) >= 11 is 0. The second-order valence-corrected chi connectivity index (χ2v) is 6.84. The first-order valence-electron chi connectivity index (χ1n) is 9.02. The molecule has 4 aromatic heterocycles. The average Bonchev–Trinajstić information content (AvgIpc) is 3.18. The largest absolute Gasteiger partial charge is 0.348 e. The number of pyridine rings is 1. The molecule has 1 saturated heterocycles. The van der Waals surface area contributed by atoms with E-state index in [0.717, 1.165) is 24.2 Å². The predicted molar refractivity (Wildman–Crippen MR) is 101 cm³/mol. The van der Waals surface area contributed by atoms with Crippen molar-refractivity contribution in [1.29, 1.82) is 0 Å². The first-order chi connectivity index (χ1) is 13.6. The van der Waals surface area contributed by atoms with Gasteiger partial charge in [0.25, 0.3) is 6.43 Å². The molecule has 0 aromatic carbocycles. The highest BCUT2D eigenvalue weighted by molar-refractivity contribution is 5.82. The summed E-state index contributed by atoms with van der Waals surface area (Å²) in [6, 6.07) is 5.88. The van der Waals surface area contributed by atoms with Crippen LogP contribution in [0.2, 0.25) is 0 Å². The van der Waals surface area contributed by atoms with E-state index in [-0.39, 0.29) is 0 Å². The Hall–Kier alpha value is -3.14. The molecule has 10 heteroatoms. The predicted octanol–water partition coefficient (Wildman–Crippen LogP) is 2.10. The maximum atomic E-state index is 12.9. The second kappa shape index (κ2) is 6.48. The highest BCUT2D eigenvalue weighted by atomic mass is 19.3. The molecule has 0 radical (unpaired) electrons. The minimum Gasteiger partial charge on any atom is -0.348 e. The van der Waals surface area contributed by atoms with Gasteiger partial charge in [0.15, 0.2) is 5.65 Å². The van der Waals surface area contributed by atoms with Crippen LogP contribution in [0.5, 0.6) is 0 Å². The number of alkyl halides is 2. The first-order valence-corrected chi connectivity index (χ1v) is 9.02. The fourth-order valence-corrected chi connectivity index (χ4v) is 3.38. The summed E-state index contributed by atoms with van der Waals surface area (Å²) in [5.41, 5.74) is 3.34. The lowest BCUT2D eigenvalue weighted by Crippen LogP contribution is -2.51. The third-order valence-corrected chi connectivity index (χ3v) is 4.91. The van der Waals surface area contributed by atoms with Crippen molar-refractivity contribution in [2.45, 2.75) is 25.9 Å². The molecule has 0 amide bonds. The Morgan fingerprint density at radius 3 is 2.86 bits per heavy atom. The van der Waals surface area contributed by atoms with Crippen molar-refractivity contribution < 1.29 is 8.78 Å². The number of hydrogen-bond acceptors (Lipinski definition) is 6. The standard InChI is InChI=1S/C18H18F2N8/c1-10-23-14-3-2-13(25-17(14)27(10)9-16(19)20)12-4-5-28-15(12)8-22-18(26-28)24-11-6-21-7-11/h2-5,8,11,16,21H,6-7,9H2,1H3,(H,24,26). The van der Waals surface area contributed by atoms with Gasteiger partial charge in [0, 0.05) is 24.8 Å². The van der Waals surface area contributed by atoms with Gasteiger partial charge in [0.2, 0.25) is 5.95 Å². The summed E-state index contributed by atoms with van der Waals surface area (Å²) < 4.78 is 29.1. The lowest BCUT2D eigenvalue weighted by Gasteiger charge is -2.27. The Bertz CT molecular complexity index is 1160. The molecular formula is C18H18F2N8. The fourth-order valence-electron chi connectivity index (χ4n) is 3.38. The van der Waals surface area contributed by atoms with Gasteiger partial charge in [-0.05, 0) is 25.1 Å². The van der Waals surface area contributed by atoms with E-state index in [1.54, 1.807) is 23.7 Å². The molecule has 144 valence electrons. The number of fused-ring (bicyclic) bond motifs is 2. The Kier molecular flexibility index (Phi) is 3.93. The summed E-state index contributed by atoms with van der Waals surface area (Å²) in [6.07, 6.45) is 1.11. The van der Waals surface area contributed by atoms with E-state index in [9.17, 15) is 8.78 Å². The number of aromatic nitrogens is 6. The van der Waals surface area contributed by atoms with Crippen LogP contribution in [-0.4, -0.2) is 54.7 Å². The van der Waals surface area contributed by atoms with Crippen molar-refractivity contribution in [1.82, 2.24) is 34.4 Å². The quantitative estimate of drug-likeness (QED) is 0.548. The number of imidazole rings is 1. The molecular weight excluding hydrogens is 366 g/mol. The summed E-state index contributed by atoms with van der Waals surface area (Å²) in [7, 11) is 0. The third kappa shape index (κ3) is 2.85. The molecule has 0 spiro atoms. The van der Waals surface area contributed by atoms with Crippen LogP contribution in [0.1, 0.15) is 5.82 Å². The van der Waals surface area contributed by atoms with Crippen LogP contribution in [0, 0.1) is 6.92 Å². The monoisotopic (exact) mass is 384 g/mol. The Labute approximate surface area is 158 Å². The van der Waals surface area contributed by atoms with E-state index in [0.29, 0.717) is 34.7 Å². The van der Waals surface area contributed by atoms with E-state index in [1.807, 2.05) is 18.3 Å². The summed E-state index contributed by atoms with van der Waals surface area (Å²) in [4.78, 5) is 13.3. The number of nitrogens with one attached hydrogen (secondary N) is 2. The van der Waals surface area contributed by atoms with Gasteiger partial charge in [-0.1, -0.05) is 0 Å². The molecule has 2 N–H and O–H groups in total. The maximum absolute atomic E-state index is 12.9. The lowest BCUT2D eigenvalue weighted by atomic mass is 10.2. The zero-order chi connectivity index (χ0) is 19.3. The smallest absolute Gasteiger partial charge is 0.256 e. The molecule has 1 fully saturated rings. The Balaban J connectivity index is 1.54. The normalized spacial score (nSPS) is 14.9. The van der Waals surface area contributed by atoms with Gasteiger partial charge in [-0.15, -0.1) is 5.10 Å². The van der Waals surface area contributed by atoms with Crippen LogP contribution in [0.4, 0.5) is 14.7 Å². The fraction of sp³-hybridized carbons (Fsp3) is 0.333. The van der Waals surface area contributed by atoms with Crippen LogP contribution in [0.3, 0.4) is 0 Å². The lowest BCUT2D eigenvalue weighted by molar-refractivity contribution is 0.127. The number of aryl methyl sites for hydroxylation is 1. The van der Waals surface area contributed by atoms with Gasteiger partial charge in [-0.3, -0.25) is 0 Å². The zero-order valence-corrected chi connectivity index (χ0v) is 15.1. The average molecular weight is 384 g/mol. The highest BCUT2D eigenvalue weighted by Gasteiger charge is 2.18. The third-order valence-electron chi connectivity index (χ3n) is 4.91. The van der Waals surface area contributed by atoms with Crippen LogP contribution in [-0.2, 0) is 6.54 Å². The highest BCUT2D eigenvalue weighted by Crippen LogP contribution is 2.26. The SMILES string of the molecule is Cc1nc2ccc(-c3ccn4nc(NC5CNC5)ncc34)nc2n1CC(F)F. The van der Waals surface area contributed by atoms with Crippen molar-refractivity contribution >= 4 is 22.6 Å². The first kappa shape index (κ1) is 17.0. The molecule has 4 aromatic rings. The van der Waals surface area contributed by atoms with Crippen LogP contribution in [0.25, 0.3) is 27.9 Å². The molecule has 28 heavy (non-hydrogen) atoms. The number of anilines is 1. The molecule has 0 unspecified atom stereocenters. The van der Waals surface area contributed by atoms with Crippen LogP contribution >= 0.6 is 0 Å². The van der Waals surface area contributed by atoms with Crippen molar-refractivity contribution in [3.05, 3.63) is 36.4 Å². The Morgan fingerprint density at radius 1 is 1.25 bits per heavy atom. The van der Waals surface area contributed by atoms with Gasteiger partial charge in [-0.25, -0.2) is 28.2 Å². The number of nitrogens with zero attached hydrogens (tertiary/aromatic N) is 6. The van der Waals surface area contributed by atoms with E-state index in [4.69, 9.17) is 0 Å². The van der Waals surface area contributed by atoms with Crippen molar-refractivity contribution in [2.75, 3.05) is 18.4 Å². The van der Waals surface area contributed by atoms with Gasteiger partial charge in [0.05, 0.1) is 30.0 Å². The van der Waals surface area contributed by atoms with Crippen molar-refractivity contribution in [3.8, 4) is 11.3 Å². The van der Waals surface area contributed by atoms with Gasteiger partial charge in [0.1, 0.15) is 11.3 Å². The molecule has 0 atom stereocenters. The summed E-state index contributed by atoms with van der Waals surface area (Å²) in [6.45, 7) is 3.07. The molecule has 0 aliphatic carbocycles. The van der Waals surface area contributed by atoms with Gasteiger partial charge in [-0.2, -0.15) is 0 Å². The minimum atomic E-state index is -2.47. The van der Waals surface area contributed by atoms with Crippen molar-refractivity contribution in [3.63, 3.8) is 0 Å². The van der Waals surface area contributed by atoms with E-state index in [2.05, 4.69) is 30.7 Å². The minimum absolute atomic E-state index is 0.343. The Morgan fingerprint density at radius 2 is 2.11 bits per heavy atom. The van der Waals surface area contributed by atoms with Crippen molar-refractivity contribution in [2.24, 2.45) is 0 Å². The molecule has 5 heterocycles. The summed E-state index contributed by atoms with van der Waals surface area (Å²) in [5, 5.41) is 10.9. The zero-order valence-electron chi connectivity index (χ0n) is 15.1. The molecule has 8 nitrogen and oxygen atoms in total. The summed E-state index contributed by atoms with van der Waals surface area (Å²) in [5.74, 6) is 1.08. The van der Waals surface area contributed by atoms with Gasteiger partial charge >= 0.3 is 0 Å². The number of halogens is 2. The maximum Gasteiger partial charge on any atom is 0.256 e. The topological polar surface area (TPSA) is 85.0 Å². The van der Waals surface area contributed by atoms with E-state index < -0.39 is 13.0 Å². The van der Waals surface area contributed by atoms with Crippen LogP contribution < -0.4 is 10.6 Å². The van der Waals surface area contributed by atoms with Crippen LogP contribution in [0.15, 0.2) is 30.6 Å². The van der Waals surface area contributed by atoms with E-state index in [1.165, 1.54) is 4.57 Å². The number of hydrogen-bond donors (Lipinski definition) is 2. The molecule has 0 bridgehead atoms. The molecule has 1 aliphatic heterocycles. The number of rotatable bonds is 5.